The first-order chi connectivity index (χ1) is 16.5. The molecule has 2 aliphatic rings. The van der Waals surface area contributed by atoms with E-state index in [1.54, 1.807) is 14.2 Å². The van der Waals surface area contributed by atoms with Gasteiger partial charge in [0.15, 0.2) is 22.1 Å². The zero-order valence-electron chi connectivity index (χ0n) is 20.5. The van der Waals surface area contributed by atoms with Crippen LogP contribution in [0.15, 0.2) is 18.2 Å². The van der Waals surface area contributed by atoms with E-state index in [2.05, 4.69) is 9.47 Å². The van der Waals surface area contributed by atoms with Gasteiger partial charge in [-0.05, 0) is 63.0 Å². The number of nitrogens with zero attached hydrogens (tertiary/aromatic N) is 4. The molecule has 0 radical (unpaired) electrons. The molecule has 0 bridgehead atoms. The molecule has 2 aromatic rings. The average Bonchev–Trinajstić information content (AvgIpc) is 3.20. The summed E-state index contributed by atoms with van der Waals surface area (Å²) < 4.78 is 21.1. The fourth-order valence-electron chi connectivity index (χ4n) is 5.11. The highest BCUT2D eigenvalue weighted by Gasteiger charge is 2.28. The molecule has 0 amide bonds. The molecule has 1 aromatic heterocycles. The summed E-state index contributed by atoms with van der Waals surface area (Å²) in [6, 6.07) is 6.27. The third kappa shape index (κ3) is 5.30. The Labute approximate surface area is 206 Å². The lowest BCUT2D eigenvalue weighted by molar-refractivity contribution is -0.149. The molecule has 1 aliphatic heterocycles. The molecule has 1 saturated heterocycles. The summed E-state index contributed by atoms with van der Waals surface area (Å²) in [6.45, 7) is 4.56. The molecule has 8 nitrogen and oxygen atoms in total. The van der Waals surface area contributed by atoms with E-state index in [-0.39, 0.29) is 11.9 Å². The molecule has 186 valence electrons. The molecule has 34 heavy (non-hydrogen) atoms. The molecule has 4 rings (SSSR count). The van der Waals surface area contributed by atoms with Gasteiger partial charge in [-0.25, -0.2) is 4.68 Å². The largest absolute Gasteiger partial charge is 0.493 e. The Hall–Kier alpha value is -2.39. The smallest absolute Gasteiger partial charge is 0.309 e. The minimum absolute atomic E-state index is 0.00806. The number of methoxy groups -OCH3 is 2. The monoisotopic (exact) mass is 488 g/mol. The van der Waals surface area contributed by atoms with E-state index in [0.717, 1.165) is 54.9 Å². The molecular formula is C25H36N4O4S. The number of piperidine rings is 1. The first kappa shape index (κ1) is 24.7. The molecule has 9 heteroatoms. The van der Waals surface area contributed by atoms with Gasteiger partial charge in [-0.15, -0.1) is 0 Å². The van der Waals surface area contributed by atoms with Crippen molar-refractivity contribution in [1.29, 1.82) is 0 Å². The van der Waals surface area contributed by atoms with Crippen molar-refractivity contribution in [3.8, 4) is 22.9 Å². The lowest BCUT2D eigenvalue weighted by Gasteiger charge is -2.30. The molecule has 1 saturated carbocycles. The van der Waals surface area contributed by atoms with Crippen molar-refractivity contribution in [2.45, 2.75) is 64.6 Å². The number of rotatable bonds is 8. The Balaban J connectivity index is 1.60. The summed E-state index contributed by atoms with van der Waals surface area (Å²) in [7, 11) is 3.29. The molecule has 0 spiro atoms. The van der Waals surface area contributed by atoms with Crippen LogP contribution >= 0.6 is 12.2 Å². The highest BCUT2D eigenvalue weighted by molar-refractivity contribution is 7.71. The fraction of sp³-hybridized carbons (Fsp3) is 0.640. The van der Waals surface area contributed by atoms with Crippen LogP contribution in [0.4, 0.5) is 0 Å². The maximum atomic E-state index is 12.1. The third-order valence-corrected chi connectivity index (χ3v) is 7.40. The van der Waals surface area contributed by atoms with Crippen LogP contribution in [0.25, 0.3) is 11.4 Å². The molecular weight excluding hydrogens is 452 g/mol. The number of carbonyl (C=O) groups excluding carboxylic acids is 1. The quantitative estimate of drug-likeness (QED) is 0.389. The fourth-order valence-corrected chi connectivity index (χ4v) is 5.45. The maximum Gasteiger partial charge on any atom is 0.309 e. The predicted molar refractivity (Wildman–Crippen MR) is 133 cm³/mol. The van der Waals surface area contributed by atoms with Crippen molar-refractivity contribution < 1.29 is 19.0 Å². The van der Waals surface area contributed by atoms with Crippen molar-refractivity contribution in [2.75, 3.05) is 33.9 Å². The Morgan fingerprint density at radius 3 is 2.41 bits per heavy atom. The second-order valence-electron chi connectivity index (χ2n) is 9.12. The van der Waals surface area contributed by atoms with Crippen molar-refractivity contribution in [2.24, 2.45) is 5.92 Å². The first-order valence-corrected chi connectivity index (χ1v) is 12.8. The van der Waals surface area contributed by atoms with Gasteiger partial charge in [0.25, 0.3) is 0 Å². The van der Waals surface area contributed by atoms with Crippen LogP contribution in [0.2, 0.25) is 0 Å². The Kier molecular flexibility index (Phi) is 8.26. The summed E-state index contributed by atoms with van der Waals surface area (Å²) in [4.78, 5) is 14.4. The summed E-state index contributed by atoms with van der Waals surface area (Å²) in [5, 5.41) is 5.01. The summed E-state index contributed by atoms with van der Waals surface area (Å²) in [5.74, 6) is 2.16. The third-order valence-electron chi connectivity index (χ3n) is 6.99. The molecule has 0 N–H and O–H groups in total. The van der Waals surface area contributed by atoms with Crippen LogP contribution in [-0.4, -0.2) is 59.1 Å². The van der Waals surface area contributed by atoms with Gasteiger partial charge in [-0.3, -0.25) is 14.3 Å². The van der Waals surface area contributed by atoms with Gasteiger partial charge in [-0.1, -0.05) is 19.3 Å². The molecule has 2 fully saturated rings. The molecule has 1 aromatic carbocycles. The summed E-state index contributed by atoms with van der Waals surface area (Å²) >= 11 is 5.98. The van der Waals surface area contributed by atoms with Gasteiger partial charge in [0.1, 0.15) is 0 Å². The number of benzene rings is 1. The topological polar surface area (TPSA) is 70.8 Å². The van der Waals surface area contributed by atoms with Crippen molar-refractivity contribution in [3.63, 3.8) is 0 Å². The molecule has 0 atom stereocenters. The van der Waals surface area contributed by atoms with Crippen LogP contribution in [0, 0.1) is 10.7 Å². The minimum atomic E-state index is -0.0731. The second kappa shape index (κ2) is 11.4. The van der Waals surface area contributed by atoms with Crippen LogP contribution in [0.5, 0.6) is 11.5 Å². The zero-order chi connectivity index (χ0) is 24.1. The number of esters is 1. The SMILES string of the molecule is CCOC(=O)C1CCN(Cn2nc(-c3ccc(OC)c(OC)c3)n(C3CCCCC3)c2=S)CC1. The lowest BCUT2D eigenvalue weighted by atomic mass is 9.95. The molecule has 0 unspecified atom stereocenters. The van der Waals surface area contributed by atoms with Gasteiger partial charge < -0.3 is 14.2 Å². The Morgan fingerprint density at radius 2 is 1.76 bits per heavy atom. The lowest BCUT2D eigenvalue weighted by Crippen LogP contribution is -2.38. The van der Waals surface area contributed by atoms with Gasteiger partial charge in [0.2, 0.25) is 0 Å². The van der Waals surface area contributed by atoms with Crippen molar-refractivity contribution in [3.05, 3.63) is 23.0 Å². The van der Waals surface area contributed by atoms with Crippen molar-refractivity contribution in [1.82, 2.24) is 19.2 Å². The number of hydrogen-bond donors (Lipinski definition) is 0. The van der Waals surface area contributed by atoms with E-state index < -0.39 is 0 Å². The number of ether oxygens (including phenoxy) is 3. The predicted octanol–water partition coefficient (Wildman–Crippen LogP) is 4.84. The molecule has 2 heterocycles. The van der Waals surface area contributed by atoms with Crippen molar-refractivity contribution >= 4 is 18.2 Å². The molecule has 1 aliphatic carbocycles. The normalized spacial score (nSPS) is 18.1. The maximum absolute atomic E-state index is 12.1. The van der Waals surface area contributed by atoms with Gasteiger partial charge in [-0.2, -0.15) is 5.10 Å². The highest BCUT2D eigenvalue weighted by Crippen LogP contribution is 2.36. The van der Waals surface area contributed by atoms with Gasteiger partial charge in [0, 0.05) is 24.7 Å². The van der Waals surface area contributed by atoms with Crippen LogP contribution in [-0.2, 0) is 16.2 Å². The highest BCUT2D eigenvalue weighted by atomic mass is 32.1. The standard InChI is InChI=1S/C25H36N4O4S/c1-4-33-24(30)18-12-14-27(15-13-18)17-28-25(34)29(20-8-6-5-7-9-20)23(26-28)19-10-11-21(31-2)22(16-19)32-3/h10-11,16,18,20H,4-9,12-15,17H2,1-3H3. The van der Waals surface area contributed by atoms with Gasteiger partial charge in [0.05, 0.1) is 33.4 Å². The summed E-state index contributed by atoms with van der Waals surface area (Å²) in [6.07, 6.45) is 7.54. The Morgan fingerprint density at radius 1 is 1.06 bits per heavy atom. The number of hydrogen-bond acceptors (Lipinski definition) is 7. The Bertz CT molecular complexity index is 1040. The van der Waals surface area contributed by atoms with E-state index in [0.29, 0.717) is 30.8 Å². The minimum Gasteiger partial charge on any atom is -0.493 e. The van der Waals surface area contributed by atoms with Crippen LogP contribution in [0.1, 0.15) is 57.9 Å². The van der Waals surface area contributed by atoms with Gasteiger partial charge >= 0.3 is 5.97 Å². The van der Waals surface area contributed by atoms with E-state index in [1.165, 1.54) is 19.3 Å². The number of likely N-dealkylation sites (tertiary alicyclic amines) is 1. The van der Waals surface area contributed by atoms with E-state index in [4.69, 9.17) is 31.5 Å². The second-order valence-corrected chi connectivity index (χ2v) is 9.49. The summed E-state index contributed by atoms with van der Waals surface area (Å²) in [5.41, 5.74) is 0.967. The number of carbonyl (C=O) groups is 1. The van der Waals surface area contributed by atoms with Crippen LogP contribution < -0.4 is 9.47 Å². The van der Waals surface area contributed by atoms with Crippen LogP contribution in [0.3, 0.4) is 0 Å². The average molecular weight is 489 g/mol. The van der Waals surface area contributed by atoms with E-state index in [1.807, 2.05) is 29.8 Å². The zero-order valence-corrected chi connectivity index (χ0v) is 21.3. The van der Waals surface area contributed by atoms with E-state index >= 15 is 0 Å². The van der Waals surface area contributed by atoms with E-state index in [9.17, 15) is 4.79 Å². The number of aromatic nitrogens is 3. The first-order valence-electron chi connectivity index (χ1n) is 12.4.